The highest BCUT2D eigenvalue weighted by Crippen LogP contribution is 2.33. The fourth-order valence-corrected chi connectivity index (χ4v) is 3.86. The van der Waals surface area contributed by atoms with Gasteiger partial charge in [0, 0.05) is 29.7 Å². The first-order valence-corrected chi connectivity index (χ1v) is 9.42. The molecule has 3 aromatic rings. The van der Waals surface area contributed by atoms with Crippen LogP contribution in [0.4, 0.5) is 4.79 Å². The lowest BCUT2D eigenvalue weighted by Crippen LogP contribution is -2.22. The lowest BCUT2D eigenvalue weighted by atomic mass is 10.1. The minimum absolute atomic E-state index is 0.244. The summed E-state index contributed by atoms with van der Waals surface area (Å²) in [5.74, 6) is 0.583. The number of hydrogen-bond donors (Lipinski definition) is 0. The Labute approximate surface area is 161 Å². The van der Waals surface area contributed by atoms with Gasteiger partial charge < -0.3 is 9.30 Å². The lowest BCUT2D eigenvalue weighted by Gasteiger charge is -2.08. The zero-order valence-corrected chi connectivity index (χ0v) is 15.6. The molecule has 0 unspecified atom stereocenters. The molecule has 1 aliphatic rings. The van der Waals surface area contributed by atoms with E-state index in [1.807, 2.05) is 60.8 Å². The summed E-state index contributed by atoms with van der Waals surface area (Å²) < 4.78 is 7.91. The molecular weight excluding hydrogens is 360 g/mol. The quantitative estimate of drug-likeness (QED) is 0.618. The molecule has 0 aliphatic carbocycles. The van der Waals surface area contributed by atoms with Crippen molar-refractivity contribution >= 4 is 39.9 Å². The predicted octanol–water partition coefficient (Wildman–Crippen LogP) is 4.39. The summed E-state index contributed by atoms with van der Waals surface area (Å²) in [5, 5.41) is 0.798. The Morgan fingerprint density at radius 2 is 1.78 bits per heavy atom. The first-order chi connectivity index (χ1) is 13.1. The van der Waals surface area contributed by atoms with Crippen molar-refractivity contribution in [3.8, 4) is 5.75 Å². The highest BCUT2D eigenvalue weighted by Gasteiger charge is 2.32. The van der Waals surface area contributed by atoms with Crippen LogP contribution < -0.4 is 4.74 Å². The summed E-state index contributed by atoms with van der Waals surface area (Å²) in [6.45, 7) is 1.21. The third-order valence-electron chi connectivity index (χ3n) is 4.44. The molecule has 1 saturated heterocycles. The number of benzene rings is 2. The van der Waals surface area contributed by atoms with E-state index >= 15 is 0 Å². The van der Waals surface area contributed by atoms with E-state index in [1.165, 1.54) is 7.05 Å². The maximum absolute atomic E-state index is 12.2. The Balaban J connectivity index is 1.60. The molecular formula is C21H18N2O3S. The lowest BCUT2D eigenvalue weighted by molar-refractivity contribution is -0.121. The number of carbonyl (C=O) groups excluding carboxylic acids is 2. The van der Waals surface area contributed by atoms with Gasteiger partial charge in [-0.25, -0.2) is 0 Å². The number of para-hydroxylation sites is 2. The second kappa shape index (κ2) is 7.32. The van der Waals surface area contributed by atoms with E-state index in [0.717, 1.165) is 38.9 Å². The van der Waals surface area contributed by atoms with Crippen LogP contribution in [0.5, 0.6) is 5.75 Å². The maximum atomic E-state index is 12.2. The Bertz CT molecular complexity index is 1040. The van der Waals surface area contributed by atoms with Crippen molar-refractivity contribution < 1.29 is 14.3 Å². The summed E-state index contributed by atoms with van der Waals surface area (Å²) in [7, 11) is 1.50. The van der Waals surface area contributed by atoms with Gasteiger partial charge in [0.2, 0.25) is 0 Å². The zero-order valence-electron chi connectivity index (χ0n) is 14.8. The summed E-state index contributed by atoms with van der Waals surface area (Å²) in [6.07, 6.45) is 3.80. The molecule has 1 aliphatic heterocycles. The number of likely N-dealkylation sites (N-methyl/N-ethyl adjacent to an activating group) is 1. The Kier molecular flexibility index (Phi) is 4.73. The number of carbonyl (C=O) groups is 2. The average Bonchev–Trinajstić information content (AvgIpc) is 3.16. The Morgan fingerprint density at radius 3 is 2.52 bits per heavy atom. The van der Waals surface area contributed by atoms with Crippen LogP contribution in [0.3, 0.4) is 0 Å². The van der Waals surface area contributed by atoms with E-state index in [0.29, 0.717) is 18.1 Å². The van der Waals surface area contributed by atoms with Crippen LogP contribution in [0.1, 0.15) is 5.56 Å². The molecule has 1 fully saturated rings. The van der Waals surface area contributed by atoms with E-state index in [-0.39, 0.29) is 11.1 Å². The Hall–Kier alpha value is -2.99. The van der Waals surface area contributed by atoms with E-state index in [2.05, 4.69) is 4.57 Å². The molecule has 0 atom stereocenters. The molecule has 5 nitrogen and oxygen atoms in total. The van der Waals surface area contributed by atoms with Crippen molar-refractivity contribution in [2.45, 2.75) is 6.54 Å². The molecule has 6 heteroatoms. The molecule has 0 N–H and O–H groups in total. The van der Waals surface area contributed by atoms with Gasteiger partial charge in [-0.15, -0.1) is 0 Å². The number of rotatable bonds is 5. The molecule has 2 heterocycles. The van der Waals surface area contributed by atoms with Crippen LogP contribution in [0, 0.1) is 0 Å². The van der Waals surface area contributed by atoms with Gasteiger partial charge in [0.15, 0.2) is 0 Å². The topological polar surface area (TPSA) is 51.5 Å². The van der Waals surface area contributed by atoms with Crippen LogP contribution >= 0.6 is 11.8 Å². The molecule has 136 valence electrons. The SMILES string of the molecule is CN1C(=O)S/C(=C\c2cn(CCOc3ccccc3)c3ccccc23)C1=O. The van der Waals surface area contributed by atoms with Crippen LogP contribution in [0.25, 0.3) is 17.0 Å². The normalized spacial score (nSPS) is 15.9. The highest BCUT2D eigenvalue weighted by atomic mass is 32.2. The standard InChI is InChI=1S/C21H18N2O3S/c1-22-20(24)19(27-21(22)25)13-15-14-23(18-10-6-5-9-17(15)18)11-12-26-16-7-3-2-4-8-16/h2-10,13-14H,11-12H2,1H3/b19-13-. The summed E-state index contributed by atoms with van der Waals surface area (Å²) in [5.41, 5.74) is 1.99. The summed E-state index contributed by atoms with van der Waals surface area (Å²) in [6, 6.07) is 17.7. The fourth-order valence-electron chi connectivity index (χ4n) is 3.04. The monoisotopic (exact) mass is 378 g/mol. The number of thioether (sulfide) groups is 1. The molecule has 27 heavy (non-hydrogen) atoms. The number of hydrogen-bond acceptors (Lipinski definition) is 4. The first kappa shape index (κ1) is 17.4. The van der Waals surface area contributed by atoms with Gasteiger partial charge in [0.05, 0.1) is 11.4 Å². The molecule has 1 aromatic heterocycles. The molecule has 2 aromatic carbocycles. The molecule has 2 amide bonds. The van der Waals surface area contributed by atoms with Crippen LogP contribution in [0.2, 0.25) is 0 Å². The number of nitrogens with zero attached hydrogens (tertiary/aromatic N) is 2. The van der Waals surface area contributed by atoms with Gasteiger partial charge in [0.25, 0.3) is 11.1 Å². The number of ether oxygens (including phenoxy) is 1. The minimum atomic E-state index is -0.255. The number of aromatic nitrogens is 1. The zero-order chi connectivity index (χ0) is 18.8. The highest BCUT2D eigenvalue weighted by molar-refractivity contribution is 8.18. The van der Waals surface area contributed by atoms with Gasteiger partial charge in [-0.05, 0) is 36.0 Å². The van der Waals surface area contributed by atoms with E-state index < -0.39 is 0 Å². The Morgan fingerprint density at radius 1 is 1.04 bits per heavy atom. The third kappa shape index (κ3) is 3.48. The van der Waals surface area contributed by atoms with Crippen molar-refractivity contribution in [3.63, 3.8) is 0 Å². The van der Waals surface area contributed by atoms with Gasteiger partial charge in [-0.3, -0.25) is 14.5 Å². The molecule has 0 radical (unpaired) electrons. The van der Waals surface area contributed by atoms with E-state index in [4.69, 9.17) is 4.74 Å². The summed E-state index contributed by atoms with van der Waals surface area (Å²) in [4.78, 5) is 25.5. The third-order valence-corrected chi connectivity index (χ3v) is 5.40. The van der Waals surface area contributed by atoms with Gasteiger partial charge in [-0.1, -0.05) is 36.4 Å². The van der Waals surface area contributed by atoms with Crippen LogP contribution in [-0.4, -0.2) is 34.3 Å². The van der Waals surface area contributed by atoms with E-state index in [9.17, 15) is 9.59 Å². The molecule has 4 rings (SSSR count). The van der Waals surface area contributed by atoms with E-state index in [1.54, 1.807) is 6.08 Å². The van der Waals surface area contributed by atoms with Gasteiger partial charge in [0.1, 0.15) is 12.4 Å². The van der Waals surface area contributed by atoms with Crippen molar-refractivity contribution in [1.82, 2.24) is 9.47 Å². The van der Waals surface area contributed by atoms with Crippen molar-refractivity contribution in [3.05, 3.63) is 71.3 Å². The van der Waals surface area contributed by atoms with Crippen LogP contribution in [-0.2, 0) is 11.3 Å². The second-order valence-corrected chi connectivity index (χ2v) is 7.19. The number of amides is 2. The first-order valence-electron chi connectivity index (χ1n) is 8.61. The largest absolute Gasteiger partial charge is 0.492 e. The smallest absolute Gasteiger partial charge is 0.293 e. The predicted molar refractivity (Wildman–Crippen MR) is 108 cm³/mol. The van der Waals surface area contributed by atoms with Crippen molar-refractivity contribution in [2.24, 2.45) is 0 Å². The molecule has 0 bridgehead atoms. The van der Waals surface area contributed by atoms with Gasteiger partial charge in [-0.2, -0.15) is 0 Å². The number of imide groups is 1. The van der Waals surface area contributed by atoms with Crippen molar-refractivity contribution in [2.75, 3.05) is 13.7 Å². The van der Waals surface area contributed by atoms with Crippen molar-refractivity contribution in [1.29, 1.82) is 0 Å². The molecule has 0 spiro atoms. The summed E-state index contributed by atoms with van der Waals surface area (Å²) >= 11 is 0.974. The fraction of sp³-hybridized carbons (Fsp3) is 0.143. The minimum Gasteiger partial charge on any atom is -0.492 e. The van der Waals surface area contributed by atoms with Crippen LogP contribution in [0.15, 0.2) is 65.7 Å². The molecule has 0 saturated carbocycles. The maximum Gasteiger partial charge on any atom is 0.293 e. The number of fused-ring (bicyclic) bond motifs is 1. The second-order valence-electron chi connectivity index (χ2n) is 6.20. The van der Waals surface area contributed by atoms with Gasteiger partial charge >= 0.3 is 0 Å². The average molecular weight is 378 g/mol.